The van der Waals surface area contributed by atoms with E-state index >= 15 is 0 Å². The topological polar surface area (TPSA) is 63.0 Å². The highest BCUT2D eigenvalue weighted by Crippen LogP contribution is 2.42. The molecule has 21 heavy (non-hydrogen) atoms. The zero-order valence-corrected chi connectivity index (χ0v) is 12.5. The first-order valence-electron chi connectivity index (χ1n) is 7.66. The minimum atomic E-state index is 0.0946. The Hall–Kier alpha value is -1.88. The highest BCUT2D eigenvalue weighted by atomic mass is 16.4. The molecule has 0 amide bonds. The number of benzene rings is 1. The standard InChI is InChI=1S/C16H22N4O/c1-3-9-17-11(2)15-19-20-16(21-15)18-14-10-13(14)12-7-5-4-6-8-12/h4-8,11,13-14,17H,3,9-10H2,1-2H3,(H,18,20). The summed E-state index contributed by atoms with van der Waals surface area (Å²) in [7, 11) is 0. The van der Waals surface area contributed by atoms with Gasteiger partial charge in [-0.15, -0.1) is 5.10 Å². The summed E-state index contributed by atoms with van der Waals surface area (Å²) < 4.78 is 5.68. The summed E-state index contributed by atoms with van der Waals surface area (Å²) in [5.74, 6) is 1.19. The van der Waals surface area contributed by atoms with Gasteiger partial charge in [0.1, 0.15) is 0 Å². The van der Waals surface area contributed by atoms with Gasteiger partial charge in [0.25, 0.3) is 0 Å². The van der Waals surface area contributed by atoms with Gasteiger partial charge in [-0.2, -0.15) is 0 Å². The number of anilines is 1. The van der Waals surface area contributed by atoms with Crippen LogP contribution in [0.3, 0.4) is 0 Å². The molecule has 2 aromatic rings. The maximum Gasteiger partial charge on any atom is 0.315 e. The first-order valence-corrected chi connectivity index (χ1v) is 7.66. The number of rotatable bonds is 7. The summed E-state index contributed by atoms with van der Waals surface area (Å²) in [5.41, 5.74) is 1.37. The second-order valence-corrected chi connectivity index (χ2v) is 5.62. The Kier molecular flexibility index (Phi) is 4.20. The van der Waals surface area contributed by atoms with Crippen LogP contribution in [0.1, 0.15) is 50.1 Å². The van der Waals surface area contributed by atoms with Gasteiger partial charge >= 0.3 is 6.01 Å². The largest absolute Gasteiger partial charge is 0.406 e. The van der Waals surface area contributed by atoms with E-state index in [-0.39, 0.29) is 6.04 Å². The Balaban J connectivity index is 1.54. The maximum absolute atomic E-state index is 5.68. The van der Waals surface area contributed by atoms with E-state index in [1.54, 1.807) is 0 Å². The van der Waals surface area contributed by atoms with Crippen LogP contribution in [0.4, 0.5) is 6.01 Å². The molecule has 1 aromatic heterocycles. The van der Waals surface area contributed by atoms with Gasteiger partial charge in [0.15, 0.2) is 0 Å². The van der Waals surface area contributed by atoms with Gasteiger partial charge in [0, 0.05) is 12.0 Å². The van der Waals surface area contributed by atoms with Crippen molar-refractivity contribution >= 4 is 6.01 Å². The van der Waals surface area contributed by atoms with Crippen molar-refractivity contribution in [1.82, 2.24) is 15.5 Å². The molecule has 3 unspecified atom stereocenters. The monoisotopic (exact) mass is 286 g/mol. The van der Waals surface area contributed by atoms with Gasteiger partial charge in [-0.1, -0.05) is 42.4 Å². The van der Waals surface area contributed by atoms with E-state index in [4.69, 9.17) is 4.42 Å². The predicted octanol–water partition coefficient (Wildman–Crippen LogP) is 3.10. The third-order valence-corrected chi connectivity index (χ3v) is 3.84. The van der Waals surface area contributed by atoms with Crippen molar-refractivity contribution in [2.75, 3.05) is 11.9 Å². The van der Waals surface area contributed by atoms with Crippen LogP contribution in [0, 0.1) is 0 Å². The van der Waals surface area contributed by atoms with E-state index < -0.39 is 0 Å². The first-order chi connectivity index (χ1) is 10.3. The molecule has 0 radical (unpaired) electrons. The average Bonchev–Trinajstić information content (AvgIpc) is 3.12. The van der Waals surface area contributed by atoms with Crippen LogP contribution in [-0.2, 0) is 0 Å². The summed E-state index contributed by atoms with van der Waals surface area (Å²) in [6, 6.07) is 11.6. The lowest BCUT2D eigenvalue weighted by atomic mass is 10.1. The minimum Gasteiger partial charge on any atom is -0.406 e. The Bertz CT molecular complexity index is 569. The summed E-state index contributed by atoms with van der Waals surface area (Å²) in [6.07, 6.45) is 2.20. The summed E-state index contributed by atoms with van der Waals surface area (Å²) in [4.78, 5) is 0. The van der Waals surface area contributed by atoms with Gasteiger partial charge < -0.3 is 15.1 Å². The zero-order chi connectivity index (χ0) is 14.7. The highest BCUT2D eigenvalue weighted by Gasteiger charge is 2.39. The second kappa shape index (κ2) is 6.26. The van der Waals surface area contributed by atoms with Crippen LogP contribution in [0.2, 0.25) is 0 Å². The van der Waals surface area contributed by atoms with Crippen LogP contribution in [0.15, 0.2) is 34.7 Å². The maximum atomic E-state index is 5.68. The summed E-state index contributed by atoms with van der Waals surface area (Å²) >= 11 is 0. The lowest BCUT2D eigenvalue weighted by Crippen LogP contribution is -2.19. The molecule has 1 aromatic carbocycles. The lowest BCUT2D eigenvalue weighted by molar-refractivity contribution is 0.423. The number of aromatic nitrogens is 2. The number of nitrogens with one attached hydrogen (secondary N) is 2. The molecule has 112 valence electrons. The second-order valence-electron chi connectivity index (χ2n) is 5.62. The van der Waals surface area contributed by atoms with E-state index in [1.807, 2.05) is 13.0 Å². The third-order valence-electron chi connectivity index (χ3n) is 3.84. The molecule has 0 bridgehead atoms. The van der Waals surface area contributed by atoms with E-state index in [0.717, 1.165) is 19.4 Å². The Morgan fingerprint density at radius 1 is 1.29 bits per heavy atom. The van der Waals surface area contributed by atoms with E-state index in [0.29, 0.717) is 23.9 Å². The van der Waals surface area contributed by atoms with Crippen molar-refractivity contribution in [2.24, 2.45) is 0 Å². The van der Waals surface area contributed by atoms with Crippen molar-refractivity contribution in [3.8, 4) is 0 Å². The fraction of sp³-hybridized carbons (Fsp3) is 0.500. The molecule has 0 aliphatic heterocycles. The van der Waals surface area contributed by atoms with Crippen molar-refractivity contribution in [1.29, 1.82) is 0 Å². The highest BCUT2D eigenvalue weighted by molar-refractivity contribution is 5.35. The molecule has 3 rings (SSSR count). The van der Waals surface area contributed by atoms with Crippen LogP contribution >= 0.6 is 0 Å². The molecule has 1 aliphatic rings. The molecular weight excluding hydrogens is 264 g/mol. The number of hydrogen-bond donors (Lipinski definition) is 2. The van der Waals surface area contributed by atoms with Crippen LogP contribution in [0.25, 0.3) is 0 Å². The summed E-state index contributed by atoms with van der Waals surface area (Å²) in [5, 5.41) is 14.9. The molecule has 1 aliphatic carbocycles. The minimum absolute atomic E-state index is 0.0946. The molecule has 5 nitrogen and oxygen atoms in total. The smallest absolute Gasteiger partial charge is 0.315 e. The van der Waals surface area contributed by atoms with Gasteiger partial charge in [-0.25, -0.2) is 0 Å². The SMILES string of the molecule is CCCNC(C)c1nnc(NC2CC2c2ccccc2)o1. The van der Waals surface area contributed by atoms with E-state index in [1.165, 1.54) is 5.56 Å². The molecular formula is C16H22N4O. The average molecular weight is 286 g/mol. The molecule has 1 fully saturated rings. The molecule has 1 heterocycles. The first kappa shape index (κ1) is 14.1. The predicted molar refractivity (Wildman–Crippen MR) is 82.2 cm³/mol. The van der Waals surface area contributed by atoms with Crippen LogP contribution < -0.4 is 10.6 Å². The quantitative estimate of drug-likeness (QED) is 0.819. The van der Waals surface area contributed by atoms with Crippen LogP contribution in [-0.4, -0.2) is 22.8 Å². The zero-order valence-electron chi connectivity index (χ0n) is 12.5. The van der Waals surface area contributed by atoms with Crippen LogP contribution in [0.5, 0.6) is 0 Å². The Morgan fingerprint density at radius 2 is 2.10 bits per heavy atom. The molecule has 0 saturated heterocycles. The van der Waals surface area contributed by atoms with Crippen molar-refractivity contribution < 1.29 is 4.42 Å². The molecule has 5 heteroatoms. The normalized spacial score (nSPS) is 22.0. The fourth-order valence-electron chi connectivity index (χ4n) is 2.50. The summed E-state index contributed by atoms with van der Waals surface area (Å²) in [6.45, 7) is 5.12. The number of hydrogen-bond acceptors (Lipinski definition) is 5. The van der Waals surface area contributed by atoms with E-state index in [9.17, 15) is 0 Å². The number of nitrogens with zero attached hydrogens (tertiary/aromatic N) is 2. The molecule has 2 N–H and O–H groups in total. The van der Waals surface area contributed by atoms with Crippen molar-refractivity contribution in [3.63, 3.8) is 0 Å². The van der Waals surface area contributed by atoms with Crippen molar-refractivity contribution in [3.05, 3.63) is 41.8 Å². The van der Waals surface area contributed by atoms with Gasteiger partial charge in [0.05, 0.1) is 6.04 Å². The lowest BCUT2D eigenvalue weighted by Gasteiger charge is -2.07. The van der Waals surface area contributed by atoms with Crippen molar-refractivity contribution in [2.45, 2.75) is 44.7 Å². The van der Waals surface area contributed by atoms with Gasteiger partial charge in [-0.3, -0.25) is 0 Å². The van der Waals surface area contributed by atoms with E-state index in [2.05, 4.69) is 52.0 Å². The Labute approximate surface area is 125 Å². The molecule has 0 spiro atoms. The third kappa shape index (κ3) is 3.42. The van der Waals surface area contributed by atoms with Gasteiger partial charge in [0.2, 0.25) is 5.89 Å². The Morgan fingerprint density at radius 3 is 2.86 bits per heavy atom. The molecule has 1 saturated carbocycles. The molecule has 3 atom stereocenters. The fourth-order valence-corrected chi connectivity index (χ4v) is 2.50. The van der Waals surface area contributed by atoms with Gasteiger partial charge in [-0.05, 0) is 31.9 Å².